The molecule has 0 unspecified atom stereocenters. The predicted octanol–water partition coefficient (Wildman–Crippen LogP) is 2.01. The molecule has 1 saturated carbocycles. The maximum atomic E-state index is 12.8. The molecule has 0 spiro atoms. The number of carbonyl (C=O) groups excluding carboxylic acids is 1. The number of fused-ring (bicyclic) bond motifs is 2. The Labute approximate surface area is 128 Å². The zero-order chi connectivity index (χ0) is 15.7. The third-order valence-corrected chi connectivity index (χ3v) is 4.67. The van der Waals surface area contributed by atoms with Gasteiger partial charge in [-0.2, -0.15) is 0 Å². The minimum absolute atomic E-state index is 0.0182. The molecule has 1 aromatic carbocycles. The number of aliphatic carboxylic acids is 1. The molecule has 3 rings (SSSR count). The first kappa shape index (κ1) is 14.8. The minimum Gasteiger partial charge on any atom is -0.481 e. The van der Waals surface area contributed by atoms with Gasteiger partial charge >= 0.3 is 5.97 Å². The Balaban J connectivity index is 1.56. The molecule has 1 aromatic rings. The van der Waals surface area contributed by atoms with E-state index in [4.69, 9.17) is 0 Å². The number of carboxylic acids is 1. The van der Waals surface area contributed by atoms with E-state index >= 15 is 0 Å². The molecule has 116 valence electrons. The first-order valence-corrected chi connectivity index (χ1v) is 7.49. The van der Waals surface area contributed by atoms with Gasteiger partial charge in [-0.15, -0.1) is 0 Å². The van der Waals surface area contributed by atoms with E-state index in [2.05, 4.69) is 5.32 Å². The van der Waals surface area contributed by atoms with Crippen molar-refractivity contribution in [3.8, 4) is 0 Å². The highest BCUT2D eigenvalue weighted by Gasteiger charge is 2.51. The minimum atomic E-state index is -0.893. The summed E-state index contributed by atoms with van der Waals surface area (Å²) in [5, 5.41) is 12.2. The van der Waals surface area contributed by atoms with E-state index in [0.717, 1.165) is 12.0 Å². The molecule has 2 aliphatic rings. The average Bonchev–Trinajstić information content (AvgIpc) is 3.09. The lowest BCUT2D eigenvalue weighted by molar-refractivity contribution is -0.147. The number of carbonyl (C=O) groups is 2. The summed E-state index contributed by atoms with van der Waals surface area (Å²) < 4.78 is 12.8. The van der Waals surface area contributed by atoms with Crippen molar-refractivity contribution in [2.45, 2.75) is 12.8 Å². The van der Waals surface area contributed by atoms with Crippen LogP contribution in [0.1, 0.15) is 12.0 Å². The Morgan fingerprint density at radius 2 is 1.77 bits per heavy atom. The van der Waals surface area contributed by atoms with E-state index in [1.807, 2.05) is 12.2 Å². The Morgan fingerprint density at radius 1 is 1.14 bits per heavy atom. The summed E-state index contributed by atoms with van der Waals surface area (Å²) in [5.74, 6) is -2.43. The molecule has 2 bridgehead atoms. The summed E-state index contributed by atoms with van der Waals surface area (Å²) in [7, 11) is 0. The standard InChI is InChI=1S/C17H18FNO3/c18-13-5-1-10(2-6-13)7-8-19-16(20)14-11-3-4-12(9-11)15(14)17(21)22/h1-6,11-12,14-15H,7-9H2,(H,19,20)(H,21,22)/t11-,12+,14+,15+/m0/s1. The van der Waals surface area contributed by atoms with Crippen LogP contribution in [0.25, 0.3) is 0 Å². The summed E-state index contributed by atoms with van der Waals surface area (Å²) in [4.78, 5) is 23.7. The molecular formula is C17H18FNO3. The molecule has 5 heteroatoms. The van der Waals surface area contributed by atoms with Crippen LogP contribution in [0.4, 0.5) is 4.39 Å². The third-order valence-electron chi connectivity index (χ3n) is 4.67. The highest BCUT2D eigenvalue weighted by atomic mass is 19.1. The number of carboxylic acid groups (broad SMARTS) is 1. The quantitative estimate of drug-likeness (QED) is 0.818. The number of hydrogen-bond donors (Lipinski definition) is 2. The van der Waals surface area contributed by atoms with Crippen molar-refractivity contribution in [1.29, 1.82) is 0 Å². The summed E-state index contributed by atoms with van der Waals surface area (Å²) in [6.07, 6.45) is 5.24. The zero-order valence-electron chi connectivity index (χ0n) is 12.0. The van der Waals surface area contributed by atoms with Gasteiger partial charge in [-0.1, -0.05) is 24.3 Å². The van der Waals surface area contributed by atoms with Crippen LogP contribution in [0.3, 0.4) is 0 Å². The number of halogens is 1. The molecular weight excluding hydrogens is 285 g/mol. The van der Waals surface area contributed by atoms with Crippen molar-refractivity contribution < 1.29 is 19.1 Å². The topological polar surface area (TPSA) is 66.4 Å². The van der Waals surface area contributed by atoms with Crippen molar-refractivity contribution in [3.63, 3.8) is 0 Å². The SMILES string of the molecule is O=C(O)[C@H]1[C@H](C(=O)NCCc2ccc(F)cc2)[C@H]2C=C[C@@H]1C2. The van der Waals surface area contributed by atoms with Gasteiger partial charge in [-0.25, -0.2) is 4.39 Å². The second-order valence-corrected chi connectivity index (χ2v) is 6.01. The number of nitrogens with one attached hydrogen (secondary N) is 1. The smallest absolute Gasteiger partial charge is 0.307 e. The Kier molecular flexibility index (Phi) is 3.96. The monoisotopic (exact) mass is 303 g/mol. The Morgan fingerprint density at radius 3 is 2.41 bits per heavy atom. The van der Waals surface area contributed by atoms with Crippen LogP contribution in [0.2, 0.25) is 0 Å². The molecule has 0 aliphatic heterocycles. The average molecular weight is 303 g/mol. The van der Waals surface area contributed by atoms with Gasteiger partial charge in [0.1, 0.15) is 5.82 Å². The number of benzene rings is 1. The van der Waals surface area contributed by atoms with E-state index in [1.165, 1.54) is 12.1 Å². The Bertz CT molecular complexity index is 611. The van der Waals surface area contributed by atoms with Crippen LogP contribution < -0.4 is 5.32 Å². The fourth-order valence-corrected chi connectivity index (χ4v) is 3.62. The van der Waals surface area contributed by atoms with E-state index in [-0.39, 0.29) is 23.6 Å². The lowest BCUT2D eigenvalue weighted by atomic mass is 9.82. The number of rotatable bonds is 5. The molecule has 0 heterocycles. The molecule has 4 atom stereocenters. The van der Waals surface area contributed by atoms with Crippen LogP contribution in [-0.4, -0.2) is 23.5 Å². The normalized spacial score (nSPS) is 28.8. The lowest BCUT2D eigenvalue weighted by Gasteiger charge is -2.23. The molecule has 0 aromatic heterocycles. The number of amides is 1. The largest absolute Gasteiger partial charge is 0.481 e. The maximum absolute atomic E-state index is 12.8. The van der Waals surface area contributed by atoms with Gasteiger partial charge < -0.3 is 10.4 Å². The summed E-state index contributed by atoms with van der Waals surface area (Å²) >= 11 is 0. The fraction of sp³-hybridized carbons (Fsp3) is 0.412. The molecule has 0 saturated heterocycles. The maximum Gasteiger partial charge on any atom is 0.307 e. The lowest BCUT2D eigenvalue weighted by Crippen LogP contribution is -2.40. The highest BCUT2D eigenvalue weighted by Crippen LogP contribution is 2.48. The Hall–Kier alpha value is -2.17. The molecule has 4 nitrogen and oxygen atoms in total. The molecule has 0 radical (unpaired) electrons. The van der Waals surface area contributed by atoms with Crippen molar-refractivity contribution in [1.82, 2.24) is 5.32 Å². The molecule has 2 aliphatic carbocycles. The van der Waals surface area contributed by atoms with E-state index in [9.17, 15) is 19.1 Å². The van der Waals surface area contributed by atoms with Crippen molar-refractivity contribution in [2.75, 3.05) is 6.54 Å². The zero-order valence-corrected chi connectivity index (χ0v) is 12.0. The van der Waals surface area contributed by atoms with Crippen LogP contribution in [0.5, 0.6) is 0 Å². The second kappa shape index (κ2) is 5.91. The van der Waals surface area contributed by atoms with E-state index in [1.54, 1.807) is 12.1 Å². The first-order valence-electron chi connectivity index (χ1n) is 7.49. The van der Waals surface area contributed by atoms with Crippen molar-refractivity contribution in [3.05, 3.63) is 47.8 Å². The van der Waals surface area contributed by atoms with Gasteiger partial charge in [0, 0.05) is 6.54 Å². The van der Waals surface area contributed by atoms with Gasteiger partial charge in [0.05, 0.1) is 11.8 Å². The summed E-state index contributed by atoms with van der Waals surface area (Å²) in [5.41, 5.74) is 0.935. The van der Waals surface area contributed by atoms with Crippen LogP contribution in [0, 0.1) is 29.5 Å². The van der Waals surface area contributed by atoms with Crippen LogP contribution in [-0.2, 0) is 16.0 Å². The molecule has 2 N–H and O–H groups in total. The van der Waals surface area contributed by atoms with Crippen molar-refractivity contribution >= 4 is 11.9 Å². The van der Waals surface area contributed by atoms with Gasteiger partial charge in [-0.05, 0) is 42.4 Å². The highest BCUT2D eigenvalue weighted by molar-refractivity contribution is 5.86. The van der Waals surface area contributed by atoms with Crippen molar-refractivity contribution in [2.24, 2.45) is 23.7 Å². The second-order valence-electron chi connectivity index (χ2n) is 6.01. The predicted molar refractivity (Wildman–Crippen MR) is 78.5 cm³/mol. The van der Waals surface area contributed by atoms with Crippen LogP contribution in [0.15, 0.2) is 36.4 Å². The first-order chi connectivity index (χ1) is 10.6. The summed E-state index contributed by atoms with van der Waals surface area (Å²) in [6.45, 7) is 0.425. The number of allylic oxidation sites excluding steroid dienone is 2. The molecule has 1 fully saturated rings. The van der Waals surface area contributed by atoms with Crippen LogP contribution >= 0.6 is 0 Å². The van der Waals surface area contributed by atoms with Gasteiger partial charge in [0.2, 0.25) is 5.91 Å². The molecule has 1 amide bonds. The third kappa shape index (κ3) is 2.75. The summed E-state index contributed by atoms with van der Waals surface area (Å²) in [6, 6.07) is 6.14. The van der Waals surface area contributed by atoms with E-state index in [0.29, 0.717) is 13.0 Å². The van der Waals surface area contributed by atoms with Gasteiger partial charge in [-0.3, -0.25) is 9.59 Å². The van der Waals surface area contributed by atoms with Gasteiger partial charge in [0.25, 0.3) is 0 Å². The number of hydrogen-bond acceptors (Lipinski definition) is 2. The van der Waals surface area contributed by atoms with Gasteiger partial charge in [0.15, 0.2) is 0 Å². The van der Waals surface area contributed by atoms with E-state index < -0.39 is 17.8 Å². The molecule has 22 heavy (non-hydrogen) atoms. The fourth-order valence-electron chi connectivity index (χ4n) is 3.62.